The number of aromatic nitrogens is 2. The minimum atomic E-state index is -3.53. The van der Waals surface area contributed by atoms with Gasteiger partial charge in [-0.05, 0) is 26.3 Å². The SMILES string of the molecule is Cc1cccc(Cn2nc(C)c(S(=O)(=O)N3CCOCC3)c2C)c1. The van der Waals surface area contributed by atoms with E-state index < -0.39 is 10.0 Å². The van der Waals surface area contributed by atoms with Gasteiger partial charge in [-0.3, -0.25) is 4.68 Å². The average molecular weight is 349 g/mol. The van der Waals surface area contributed by atoms with Gasteiger partial charge in [0.25, 0.3) is 0 Å². The summed E-state index contributed by atoms with van der Waals surface area (Å²) in [7, 11) is -3.53. The van der Waals surface area contributed by atoms with E-state index in [0.717, 1.165) is 5.56 Å². The number of morpholine rings is 1. The van der Waals surface area contributed by atoms with Gasteiger partial charge in [0.1, 0.15) is 4.90 Å². The van der Waals surface area contributed by atoms with Crippen LogP contribution in [0, 0.1) is 20.8 Å². The maximum atomic E-state index is 13.0. The van der Waals surface area contributed by atoms with Crippen LogP contribution in [0.5, 0.6) is 0 Å². The molecule has 0 bridgehead atoms. The maximum absolute atomic E-state index is 13.0. The molecule has 2 heterocycles. The molecule has 0 spiro atoms. The lowest BCUT2D eigenvalue weighted by Gasteiger charge is -2.26. The summed E-state index contributed by atoms with van der Waals surface area (Å²) in [6, 6.07) is 8.16. The number of rotatable bonds is 4. The number of sulfonamides is 1. The quantitative estimate of drug-likeness (QED) is 0.845. The maximum Gasteiger partial charge on any atom is 0.246 e. The van der Waals surface area contributed by atoms with Crippen LogP contribution in [0.2, 0.25) is 0 Å². The first kappa shape index (κ1) is 17.1. The van der Waals surface area contributed by atoms with Gasteiger partial charge in [-0.2, -0.15) is 9.40 Å². The molecule has 0 radical (unpaired) electrons. The number of hydrogen-bond acceptors (Lipinski definition) is 4. The molecule has 24 heavy (non-hydrogen) atoms. The minimum absolute atomic E-state index is 0.331. The Hall–Kier alpha value is -1.70. The van der Waals surface area contributed by atoms with Crippen LogP contribution in [-0.2, 0) is 21.3 Å². The van der Waals surface area contributed by atoms with Gasteiger partial charge in [-0.25, -0.2) is 8.42 Å². The molecular formula is C17H23N3O3S. The highest BCUT2D eigenvalue weighted by Crippen LogP contribution is 2.24. The lowest BCUT2D eigenvalue weighted by Crippen LogP contribution is -2.41. The number of ether oxygens (including phenoxy) is 1. The number of nitrogens with zero attached hydrogens (tertiary/aromatic N) is 3. The molecule has 0 amide bonds. The Labute approximate surface area is 143 Å². The third-order valence-electron chi connectivity index (χ3n) is 4.30. The van der Waals surface area contributed by atoms with Crippen molar-refractivity contribution < 1.29 is 13.2 Å². The van der Waals surface area contributed by atoms with E-state index in [2.05, 4.69) is 11.2 Å². The van der Waals surface area contributed by atoms with E-state index in [1.165, 1.54) is 9.87 Å². The predicted molar refractivity (Wildman–Crippen MR) is 91.6 cm³/mol. The van der Waals surface area contributed by atoms with Crippen molar-refractivity contribution in [3.63, 3.8) is 0 Å². The third kappa shape index (κ3) is 3.24. The molecule has 7 heteroatoms. The summed E-state index contributed by atoms with van der Waals surface area (Å²) in [5, 5.41) is 4.48. The van der Waals surface area contributed by atoms with Crippen LogP contribution in [0.15, 0.2) is 29.2 Å². The fourth-order valence-corrected chi connectivity index (χ4v) is 4.89. The van der Waals surface area contributed by atoms with Gasteiger partial charge < -0.3 is 4.74 Å². The lowest BCUT2D eigenvalue weighted by atomic mass is 10.1. The van der Waals surface area contributed by atoms with E-state index in [0.29, 0.717) is 49.1 Å². The summed E-state index contributed by atoms with van der Waals surface area (Å²) in [5.41, 5.74) is 3.51. The van der Waals surface area contributed by atoms with E-state index >= 15 is 0 Å². The van der Waals surface area contributed by atoms with E-state index in [4.69, 9.17) is 4.74 Å². The second kappa shape index (κ2) is 6.66. The molecule has 3 rings (SSSR count). The number of hydrogen-bond donors (Lipinski definition) is 0. The molecule has 0 atom stereocenters. The van der Waals surface area contributed by atoms with Gasteiger partial charge >= 0.3 is 0 Å². The summed E-state index contributed by atoms with van der Waals surface area (Å²) in [5.74, 6) is 0. The van der Waals surface area contributed by atoms with Crippen molar-refractivity contribution in [1.29, 1.82) is 0 Å². The first-order valence-electron chi connectivity index (χ1n) is 8.07. The molecule has 0 unspecified atom stereocenters. The summed E-state index contributed by atoms with van der Waals surface area (Å²) in [6.07, 6.45) is 0. The summed E-state index contributed by atoms with van der Waals surface area (Å²) < 4.78 is 34.5. The second-order valence-electron chi connectivity index (χ2n) is 6.16. The topological polar surface area (TPSA) is 64.4 Å². The zero-order chi connectivity index (χ0) is 17.3. The Kier molecular flexibility index (Phi) is 4.76. The van der Waals surface area contributed by atoms with Crippen LogP contribution in [0.3, 0.4) is 0 Å². The molecule has 130 valence electrons. The van der Waals surface area contributed by atoms with Crippen LogP contribution in [-0.4, -0.2) is 48.8 Å². The zero-order valence-electron chi connectivity index (χ0n) is 14.3. The fourth-order valence-electron chi connectivity index (χ4n) is 3.11. The first-order valence-corrected chi connectivity index (χ1v) is 9.51. The molecular weight excluding hydrogens is 326 g/mol. The van der Waals surface area contributed by atoms with E-state index in [-0.39, 0.29) is 0 Å². The predicted octanol–water partition coefficient (Wildman–Crippen LogP) is 1.88. The van der Waals surface area contributed by atoms with Gasteiger partial charge in [-0.15, -0.1) is 0 Å². The summed E-state index contributed by atoms with van der Waals surface area (Å²) in [4.78, 5) is 0.331. The molecule has 1 fully saturated rings. The second-order valence-corrected chi connectivity index (χ2v) is 8.04. The van der Waals surface area contributed by atoms with Crippen molar-refractivity contribution in [2.24, 2.45) is 0 Å². The highest BCUT2D eigenvalue weighted by molar-refractivity contribution is 7.89. The normalized spacial score (nSPS) is 16.5. The van der Waals surface area contributed by atoms with Crippen molar-refractivity contribution in [3.05, 3.63) is 46.8 Å². The highest BCUT2D eigenvalue weighted by Gasteiger charge is 2.31. The Balaban J connectivity index is 1.94. The summed E-state index contributed by atoms with van der Waals surface area (Å²) in [6.45, 7) is 7.85. The molecule has 1 aromatic carbocycles. The van der Waals surface area contributed by atoms with Crippen molar-refractivity contribution in [3.8, 4) is 0 Å². The van der Waals surface area contributed by atoms with Gasteiger partial charge in [0.2, 0.25) is 10.0 Å². The van der Waals surface area contributed by atoms with E-state index in [9.17, 15) is 8.42 Å². The Bertz CT molecular complexity index is 837. The fraction of sp³-hybridized carbons (Fsp3) is 0.471. The minimum Gasteiger partial charge on any atom is -0.379 e. The van der Waals surface area contributed by atoms with Crippen LogP contribution < -0.4 is 0 Å². The van der Waals surface area contributed by atoms with Crippen molar-refractivity contribution in [2.45, 2.75) is 32.2 Å². The standard InChI is InChI=1S/C17H23N3O3S/c1-13-5-4-6-16(11-13)12-20-15(3)17(14(2)18-20)24(21,22)19-7-9-23-10-8-19/h4-6,11H,7-10,12H2,1-3H3. The zero-order valence-corrected chi connectivity index (χ0v) is 15.1. The molecule has 6 nitrogen and oxygen atoms in total. The Morgan fingerprint density at radius 3 is 2.54 bits per heavy atom. The van der Waals surface area contributed by atoms with Crippen LogP contribution in [0.4, 0.5) is 0 Å². The lowest BCUT2D eigenvalue weighted by molar-refractivity contribution is 0.0730. The van der Waals surface area contributed by atoms with Crippen LogP contribution >= 0.6 is 0 Å². The first-order chi connectivity index (χ1) is 11.4. The third-order valence-corrected chi connectivity index (χ3v) is 6.45. The van der Waals surface area contributed by atoms with Crippen molar-refractivity contribution in [1.82, 2.24) is 14.1 Å². The van der Waals surface area contributed by atoms with Crippen molar-refractivity contribution >= 4 is 10.0 Å². The number of benzene rings is 1. The molecule has 1 aromatic heterocycles. The number of aryl methyl sites for hydroxylation is 2. The van der Waals surface area contributed by atoms with Gasteiger partial charge in [0, 0.05) is 13.1 Å². The molecule has 0 saturated carbocycles. The van der Waals surface area contributed by atoms with E-state index in [1.54, 1.807) is 11.6 Å². The largest absolute Gasteiger partial charge is 0.379 e. The van der Waals surface area contributed by atoms with Gasteiger partial charge in [0.15, 0.2) is 0 Å². The monoisotopic (exact) mass is 349 g/mol. The smallest absolute Gasteiger partial charge is 0.246 e. The Morgan fingerprint density at radius 1 is 1.17 bits per heavy atom. The molecule has 1 aliphatic rings. The van der Waals surface area contributed by atoms with Gasteiger partial charge in [-0.1, -0.05) is 29.8 Å². The van der Waals surface area contributed by atoms with Crippen molar-refractivity contribution in [2.75, 3.05) is 26.3 Å². The molecule has 0 aliphatic carbocycles. The molecule has 2 aromatic rings. The molecule has 0 N–H and O–H groups in total. The Morgan fingerprint density at radius 2 is 1.88 bits per heavy atom. The van der Waals surface area contributed by atoms with Crippen LogP contribution in [0.25, 0.3) is 0 Å². The molecule has 1 saturated heterocycles. The summed E-state index contributed by atoms with van der Waals surface area (Å²) >= 11 is 0. The van der Waals surface area contributed by atoms with Crippen LogP contribution in [0.1, 0.15) is 22.5 Å². The van der Waals surface area contributed by atoms with E-state index in [1.807, 2.05) is 32.0 Å². The van der Waals surface area contributed by atoms with Gasteiger partial charge in [0.05, 0.1) is 31.1 Å². The average Bonchev–Trinajstić information content (AvgIpc) is 2.82. The highest BCUT2D eigenvalue weighted by atomic mass is 32.2. The molecule has 1 aliphatic heterocycles.